The van der Waals surface area contributed by atoms with E-state index in [4.69, 9.17) is 5.73 Å². The molecule has 1 saturated heterocycles. The standard InChI is InChI=1S/C17H34N2/c1-5-6-15-7-8-19(11-15)17(13-18)10-14(2)9-16(3,4)12-17/h14-15H,5-13,18H2,1-4H3. The summed E-state index contributed by atoms with van der Waals surface area (Å²) in [6, 6.07) is 0. The lowest BCUT2D eigenvalue weighted by atomic mass is 9.63. The van der Waals surface area contributed by atoms with Gasteiger partial charge in [-0.3, -0.25) is 4.90 Å². The van der Waals surface area contributed by atoms with Gasteiger partial charge in [-0.15, -0.1) is 0 Å². The van der Waals surface area contributed by atoms with Gasteiger partial charge < -0.3 is 5.73 Å². The summed E-state index contributed by atoms with van der Waals surface area (Å²) in [5.41, 5.74) is 7.03. The van der Waals surface area contributed by atoms with Gasteiger partial charge in [-0.1, -0.05) is 34.1 Å². The fraction of sp³-hybridized carbons (Fsp3) is 1.00. The third-order valence-electron chi connectivity index (χ3n) is 5.47. The molecule has 1 aliphatic carbocycles. The Balaban J connectivity index is 2.10. The molecule has 1 saturated carbocycles. The molecule has 2 rings (SSSR count). The average Bonchev–Trinajstić information content (AvgIpc) is 2.76. The fourth-order valence-corrected chi connectivity index (χ4v) is 5.13. The molecule has 3 unspecified atom stereocenters. The van der Waals surface area contributed by atoms with Crippen molar-refractivity contribution < 1.29 is 0 Å². The summed E-state index contributed by atoms with van der Waals surface area (Å²) in [4.78, 5) is 2.77. The van der Waals surface area contributed by atoms with Crippen LogP contribution in [0.25, 0.3) is 0 Å². The molecule has 0 spiro atoms. The number of hydrogen-bond acceptors (Lipinski definition) is 2. The highest BCUT2D eigenvalue weighted by Crippen LogP contribution is 2.47. The van der Waals surface area contributed by atoms with Crippen LogP contribution in [-0.4, -0.2) is 30.1 Å². The summed E-state index contributed by atoms with van der Waals surface area (Å²) in [5.74, 6) is 1.74. The normalized spacial score (nSPS) is 39.6. The van der Waals surface area contributed by atoms with Crippen molar-refractivity contribution in [2.45, 2.75) is 71.8 Å². The van der Waals surface area contributed by atoms with Gasteiger partial charge in [0.05, 0.1) is 0 Å². The molecule has 1 aliphatic heterocycles. The first-order valence-electron chi connectivity index (χ1n) is 8.36. The maximum atomic E-state index is 6.28. The molecule has 2 fully saturated rings. The van der Waals surface area contributed by atoms with Crippen LogP contribution in [0.2, 0.25) is 0 Å². The molecule has 1 heterocycles. The van der Waals surface area contributed by atoms with Gasteiger partial charge >= 0.3 is 0 Å². The zero-order valence-electron chi connectivity index (χ0n) is 13.5. The minimum absolute atomic E-state index is 0.295. The number of likely N-dealkylation sites (tertiary alicyclic amines) is 1. The van der Waals surface area contributed by atoms with Crippen LogP contribution in [0.4, 0.5) is 0 Å². The molecular weight excluding hydrogens is 232 g/mol. The van der Waals surface area contributed by atoms with E-state index in [0.29, 0.717) is 11.0 Å². The van der Waals surface area contributed by atoms with Crippen LogP contribution < -0.4 is 5.73 Å². The highest BCUT2D eigenvalue weighted by atomic mass is 15.2. The van der Waals surface area contributed by atoms with Crippen molar-refractivity contribution in [3.05, 3.63) is 0 Å². The third-order valence-corrected chi connectivity index (χ3v) is 5.47. The van der Waals surface area contributed by atoms with Gasteiger partial charge in [-0.05, 0) is 55.9 Å². The van der Waals surface area contributed by atoms with Crippen LogP contribution in [0.1, 0.15) is 66.2 Å². The van der Waals surface area contributed by atoms with Crippen LogP contribution in [0.5, 0.6) is 0 Å². The predicted molar refractivity (Wildman–Crippen MR) is 83.2 cm³/mol. The Morgan fingerprint density at radius 1 is 1.26 bits per heavy atom. The van der Waals surface area contributed by atoms with Crippen molar-refractivity contribution >= 4 is 0 Å². The third kappa shape index (κ3) is 3.33. The minimum atomic E-state index is 0.295. The van der Waals surface area contributed by atoms with Crippen molar-refractivity contribution in [3.63, 3.8) is 0 Å². The molecule has 2 aliphatic rings. The summed E-state index contributed by atoms with van der Waals surface area (Å²) >= 11 is 0. The maximum Gasteiger partial charge on any atom is 0.0339 e. The largest absolute Gasteiger partial charge is 0.329 e. The maximum absolute atomic E-state index is 6.28. The van der Waals surface area contributed by atoms with E-state index in [-0.39, 0.29) is 0 Å². The lowest BCUT2D eigenvalue weighted by Gasteiger charge is -2.52. The molecule has 2 N–H and O–H groups in total. The van der Waals surface area contributed by atoms with Crippen molar-refractivity contribution in [2.75, 3.05) is 19.6 Å². The van der Waals surface area contributed by atoms with Crippen molar-refractivity contribution in [3.8, 4) is 0 Å². The van der Waals surface area contributed by atoms with Crippen molar-refractivity contribution in [2.24, 2.45) is 23.0 Å². The van der Waals surface area contributed by atoms with Crippen molar-refractivity contribution in [1.82, 2.24) is 4.90 Å². The van der Waals surface area contributed by atoms with Gasteiger partial charge in [-0.2, -0.15) is 0 Å². The molecule has 0 radical (unpaired) electrons. The van der Waals surface area contributed by atoms with Crippen LogP contribution in [0, 0.1) is 17.3 Å². The van der Waals surface area contributed by atoms with Crippen LogP contribution >= 0.6 is 0 Å². The van der Waals surface area contributed by atoms with Crippen LogP contribution in [-0.2, 0) is 0 Å². The van der Waals surface area contributed by atoms with Crippen molar-refractivity contribution in [1.29, 1.82) is 0 Å². The van der Waals surface area contributed by atoms with E-state index >= 15 is 0 Å². The molecule has 19 heavy (non-hydrogen) atoms. The van der Waals surface area contributed by atoms with E-state index in [2.05, 4.69) is 32.6 Å². The zero-order chi connectivity index (χ0) is 14.1. The second kappa shape index (κ2) is 5.73. The Bertz CT molecular complexity index is 300. The van der Waals surface area contributed by atoms with Crippen LogP contribution in [0.3, 0.4) is 0 Å². The number of hydrogen-bond donors (Lipinski definition) is 1. The van der Waals surface area contributed by atoms with Gasteiger partial charge in [0.1, 0.15) is 0 Å². The molecule has 0 amide bonds. The van der Waals surface area contributed by atoms with E-state index in [0.717, 1.165) is 18.4 Å². The molecule has 0 aromatic heterocycles. The lowest BCUT2D eigenvalue weighted by Crippen LogP contribution is -2.58. The smallest absolute Gasteiger partial charge is 0.0339 e. The Morgan fingerprint density at radius 2 is 2.00 bits per heavy atom. The topological polar surface area (TPSA) is 29.3 Å². The first-order chi connectivity index (χ1) is 8.91. The predicted octanol–water partition coefficient (Wildman–Crippen LogP) is 3.65. The molecular formula is C17H34N2. The van der Waals surface area contributed by atoms with E-state index in [1.54, 1.807) is 0 Å². The Labute approximate surface area is 120 Å². The SMILES string of the molecule is CCCC1CCN(C2(CN)CC(C)CC(C)(C)C2)C1. The molecule has 2 nitrogen and oxygen atoms in total. The highest BCUT2D eigenvalue weighted by molar-refractivity contribution is 5.03. The molecule has 0 aromatic rings. The molecule has 2 heteroatoms. The van der Waals surface area contributed by atoms with Gasteiger partial charge in [0.2, 0.25) is 0 Å². The zero-order valence-corrected chi connectivity index (χ0v) is 13.5. The molecule has 0 aromatic carbocycles. The number of rotatable bonds is 4. The summed E-state index contributed by atoms with van der Waals surface area (Å²) in [6.07, 6.45) is 8.09. The molecule has 0 bridgehead atoms. The van der Waals surface area contributed by atoms with Gasteiger partial charge in [0.15, 0.2) is 0 Å². The monoisotopic (exact) mass is 266 g/mol. The van der Waals surface area contributed by atoms with E-state index in [9.17, 15) is 0 Å². The Hall–Kier alpha value is -0.0800. The number of nitrogens with two attached hydrogens (primary N) is 1. The average molecular weight is 266 g/mol. The summed E-state index contributed by atoms with van der Waals surface area (Å²) in [5, 5.41) is 0. The van der Waals surface area contributed by atoms with E-state index in [1.807, 2.05) is 0 Å². The lowest BCUT2D eigenvalue weighted by molar-refractivity contribution is -0.000364. The first kappa shape index (κ1) is 15.3. The van der Waals surface area contributed by atoms with E-state index < -0.39 is 0 Å². The summed E-state index contributed by atoms with van der Waals surface area (Å²) < 4.78 is 0. The van der Waals surface area contributed by atoms with Gasteiger partial charge in [-0.25, -0.2) is 0 Å². The fourth-order valence-electron chi connectivity index (χ4n) is 5.13. The minimum Gasteiger partial charge on any atom is -0.329 e. The Morgan fingerprint density at radius 3 is 2.58 bits per heavy atom. The summed E-state index contributed by atoms with van der Waals surface area (Å²) in [6.45, 7) is 13.0. The van der Waals surface area contributed by atoms with Crippen LogP contribution in [0.15, 0.2) is 0 Å². The van der Waals surface area contributed by atoms with Gasteiger partial charge in [0.25, 0.3) is 0 Å². The summed E-state index contributed by atoms with van der Waals surface area (Å²) in [7, 11) is 0. The second-order valence-electron chi connectivity index (χ2n) is 8.17. The van der Waals surface area contributed by atoms with E-state index in [1.165, 1.54) is 51.6 Å². The first-order valence-corrected chi connectivity index (χ1v) is 8.36. The number of nitrogens with zero attached hydrogens (tertiary/aromatic N) is 1. The second-order valence-corrected chi connectivity index (χ2v) is 8.17. The highest BCUT2D eigenvalue weighted by Gasteiger charge is 2.47. The molecule has 112 valence electrons. The molecule has 3 atom stereocenters. The quantitative estimate of drug-likeness (QED) is 0.841. The Kier molecular flexibility index (Phi) is 4.62. The van der Waals surface area contributed by atoms with Gasteiger partial charge in [0, 0.05) is 18.6 Å².